The molecule has 0 aliphatic heterocycles. The fraction of sp³-hybridized carbons (Fsp3) is 0.0556. The van der Waals surface area contributed by atoms with Gasteiger partial charge in [-0.15, -0.1) is 12.4 Å². The number of nitrogens with one attached hydrogen (secondary N) is 2. The van der Waals surface area contributed by atoms with Crippen LogP contribution >= 0.6 is 24.0 Å². The molecular formula is C18H17Cl2N3O. The van der Waals surface area contributed by atoms with Crippen LogP contribution in [0.5, 0.6) is 0 Å². The van der Waals surface area contributed by atoms with Crippen LogP contribution in [0.4, 0.5) is 11.4 Å². The number of rotatable bonds is 3. The average molecular weight is 362 g/mol. The van der Waals surface area contributed by atoms with E-state index in [9.17, 15) is 4.79 Å². The average Bonchev–Trinajstić information content (AvgIpc) is 2.85. The quantitative estimate of drug-likeness (QED) is 0.620. The maximum absolute atomic E-state index is 12.5. The number of nitrogen functional groups attached to an aromatic ring is 1. The lowest BCUT2D eigenvalue weighted by atomic mass is 10.1. The Morgan fingerprint density at radius 1 is 1.08 bits per heavy atom. The van der Waals surface area contributed by atoms with Crippen molar-refractivity contribution in [3.05, 3.63) is 70.9 Å². The number of carbonyl (C=O) groups is 1. The summed E-state index contributed by atoms with van der Waals surface area (Å²) < 4.78 is 0. The van der Waals surface area contributed by atoms with E-state index < -0.39 is 0 Å². The molecule has 0 unspecified atom stereocenters. The zero-order valence-corrected chi connectivity index (χ0v) is 14.5. The highest BCUT2D eigenvalue weighted by Gasteiger charge is 2.20. The van der Waals surface area contributed by atoms with Gasteiger partial charge in [0.1, 0.15) is 0 Å². The highest BCUT2D eigenvalue weighted by Crippen LogP contribution is 2.30. The van der Waals surface area contributed by atoms with E-state index in [0.717, 1.165) is 17.0 Å². The molecule has 0 radical (unpaired) electrons. The molecule has 1 heterocycles. The van der Waals surface area contributed by atoms with Crippen molar-refractivity contribution >= 4 is 41.3 Å². The standard InChI is InChI=1S/C18H16ClN3O.ClH/c1-11-15(18(23)22-14-9-7-13(19)8-10-14)16(20)17(21-11)12-5-3-2-4-6-12;/h2-10,21H,20H2,1H3,(H,22,23);1H. The van der Waals surface area contributed by atoms with E-state index in [1.807, 2.05) is 37.3 Å². The van der Waals surface area contributed by atoms with Gasteiger partial charge in [0.15, 0.2) is 0 Å². The number of aryl methyl sites for hydroxylation is 1. The summed E-state index contributed by atoms with van der Waals surface area (Å²) in [7, 11) is 0. The second-order valence-corrected chi connectivity index (χ2v) is 5.68. The molecule has 0 aliphatic carbocycles. The van der Waals surface area contributed by atoms with E-state index in [1.54, 1.807) is 24.3 Å². The van der Waals surface area contributed by atoms with Gasteiger partial charge in [-0.1, -0.05) is 41.9 Å². The Balaban J connectivity index is 0.00000208. The Bertz CT molecular complexity index is 843. The lowest BCUT2D eigenvalue weighted by Gasteiger charge is -2.06. The molecule has 24 heavy (non-hydrogen) atoms. The zero-order chi connectivity index (χ0) is 16.4. The number of H-pyrrole nitrogens is 1. The van der Waals surface area contributed by atoms with Gasteiger partial charge in [-0.05, 0) is 31.2 Å². The van der Waals surface area contributed by atoms with Gasteiger partial charge >= 0.3 is 0 Å². The third kappa shape index (κ3) is 3.55. The van der Waals surface area contributed by atoms with Crippen molar-refractivity contribution in [1.29, 1.82) is 0 Å². The molecular weight excluding hydrogens is 345 g/mol. The highest BCUT2D eigenvalue weighted by molar-refractivity contribution is 6.30. The topological polar surface area (TPSA) is 70.9 Å². The molecule has 124 valence electrons. The number of hydrogen-bond acceptors (Lipinski definition) is 2. The smallest absolute Gasteiger partial charge is 0.259 e. The van der Waals surface area contributed by atoms with Crippen LogP contribution in [0.15, 0.2) is 54.6 Å². The van der Waals surface area contributed by atoms with Crippen LogP contribution < -0.4 is 11.1 Å². The van der Waals surface area contributed by atoms with Crippen LogP contribution in [0.2, 0.25) is 5.02 Å². The summed E-state index contributed by atoms with van der Waals surface area (Å²) in [5, 5.41) is 3.45. The van der Waals surface area contributed by atoms with Gasteiger partial charge < -0.3 is 16.0 Å². The van der Waals surface area contributed by atoms with Crippen molar-refractivity contribution in [1.82, 2.24) is 4.98 Å². The first-order valence-corrected chi connectivity index (χ1v) is 7.54. The minimum Gasteiger partial charge on any atom is -0.396 e. The van der Waals surface area contributed by atoms with Gasteiger partial charge in [0.25, 0.3) is 5.91 Å². The molecule has 0 saturated heterocycles. The Labute approximate surface area is 151 Å². The summed E-state index contributed by atoms with van der Waals surface area (Å²) in [6.07, 6.45) is 0. The van der Waals surface area contributed by atoms with Gasteiger partial charge in [-0.25, -0.2) is 0 Å². The molecule has 1 amide bonds. The predicted octanol–water partition coefficient (Wildman–Crippen LogP) is 4.90. The minimum atomic E-state index is -0.249. The summed E-state index contributed by atoms with van der Waals surface area (Å²) in [6.45, 7) is 1.83. The SMILES string of the molecule is Cc1[nH]c(-c2ccccc2)c(N)c1C(=O)Nc1ccc(Cl)cc1.Cl. The molecule has 0 aliphatic rings. The number of hydrogen-bond donors (Lipinski definition) is 3. The van der Waals surface area contributed by atoms with Crippen molar-refractivity contribution in [2.45, 2.75) is 6.92 Å². The molecule has 3 rings (SSSR count). The zero-order valence-electron chi connectivity index (χ0n) is 13.0. The summed E-state index contributed by atoms with van der Waals surface area (Å²) in [5.74, 6) is -0.249. The molecule has 0 spiro atoms. The molecule has 2 aromatic carbocycles. The summed E-state index contributed by atoms with van der Waals surface area (Å²) in [4.78, 5) is 15.7. The Morgan fingerprint density at radius 3 is 2.33 bits per heavy atom. The number of benzene rings is 2. The molecule has 0 atom stereocenters. The van der Waals surface area contributed by atoms with Crippen LogP contribution in [-0.4, -0.2) is 10.9 Å². The van der Waals surface area contributed by atoms with Crippen molar-refractivity contribution in [3.63, 3.8) is 0 Å². The normalized spacial score (nSPS) is 10.1. The number of aromatic amines is 1. The monoisotopic (exact) mass is 361 g/mol. The van der Waals surface area contributed by atoms with Crippen molar-refractivity contribution in [2.75, 3.05) is 11.1 Å². The lowest BCUT2D eigenvalue weighted by Crippen LogP contribution is -2.14. The number of nitrogens with two attached hydrogens (primary N) is 1. The Kier molecular flexibility index (Phi) is 5.54. The molecule has 6 heteroatoms. The number of amides is 1. The molecule has 0 saturated carbocycles. The third-order valence-corrected chi connectivity index (χ3v) is 3.87. The summed E-state index contributed by atoms with van der Waals surface area (Å²) in [5.41, 5.74) is 10.2. The van der Waals surface area contributed by atoms with Crippen LogP contribution in [0.25, 0.3) is 11.3 Å². The van der Waals surface area contributed by atoms with E-state index in [0.29, 0.717) is 22.0 Å². The third-order valence-electron chi connectivity index (χ3n) is 3.62. The maximum atomic E-state index is 12.5. The van der Waals surface area contributed by atoms with Crippen molar-refractivity contribution < 1.29 is 4.79 Å². The van der Waals surface area contributed by atoms with Gasteiger partial charge in [-0.3, -0.25) is 4.79 Å². The van der Waals surface area contributed by atoms with Crippen LogP contribution in [0.3, 0.4) is 0 Å². The van der Waals surface area contributed by atoms with Gasteiger partial charge in [0, 0.05) is 22.0 Å². The highest BCUT2D eigenvalue weighted by atomic mass is 35.5. The van der Waals surface area contributed by atoms with Crippen molar-refractivity contribution in [2.24, 2.45) is 0 Å². The fourth-order valence-electron chi connectivity index (χ4n) is 2.50. The number of aromatic nitrogens is 1. The van der Waals surface area contributed by atoms with Gasteiger partial charge in [0.05, 0.1) is 16.9 Å². The Morgan fingerprint density at radius 2 is 1.71 bits per heavy atom. The maximum Gasteiger partial charge on any atom is 0.259 e. The van der Waals surface area contributed by atoms with Crippen molar-refractivity contribution in [3.8, 4) is 11.3 Å². The molecule has 4 N–H and O–H groups in total. The number of anilines is 2. The predicted molar refractivity (Wildman–Crippen MR) is 102 cm³/mol. The van der Waals surface area contributed by atoms with Gasteiger partial charge in [-0.2, -0.15) is 0 Å². The fourth-order valence-corrected chi connectivity index (χ4v) is 2.62. The van der Waals surface area contributed by atoms with E-state index in [2.05, 4.69) is 10.3 Å². The lowest BCUT2D eigenvalue weighted by molar-refractivity contribution is 0.102. The van der Waals surface area contributed by atoms with Gasteiger partial charge in [0.2, 0.25) is 0 Å². The Hall–Kier alpha value is -2.43. The molecule has 0 fully saturated rings. The largest absolute Gasteiger partial charge is 0.396 e. The second kappa shape index (κ2) is 7.43. The number of carbonyl (C=O) groups excluding carboxylic acids is 1. The second-order valence-electron chi connectivity index (χ2n) is 5.24. The molecule has 3 aromatic rings. The van der Waals surface area contributed by atoms with Crippen LogP contribution in [0.1, 0.15) is 16.1 Å². The van der Waals surface area contributed by atoms with E-state index in [-0.39, 0.29) is 18.3 Å². The first-order chi connectivity index (χ1) is 11.1. The van der Waals surface area contributed by atoms with E-state index in [1.165, 1.54) is 0 Å². The van der Waals surface area contributed by atoms with Crippen LogP contribution in [0, 0.1) is 6.92 Å². The first kappa shape index (κ1) is 17.9. The van der Waals surface area contributed by atoms with E-state index in [4.69, 9.17) is 17.3 Å². The summed E-state index contributed by atoms with van der Waals surface area (Å²) in [6, 6.07) is 16.6. The first-order valence-electron chi connectivity index (χ1n) is 7.16. The van der Waals surface area contributed by atoms with Crippen LogP contribution in [-0.2, 0) is 0 Å². The molecule has 4 nitrogen and oxygen atoms in total. The molecule has 1 aromatic heterocycles. The molecule has 0 bridgehead atoms. The summed E-state index contributed by atoms with van der Waals surface area (Å²) >= 11 is 5.85. The number of halogens is 2. The minimum absolute atomic E-state index is 0. The van der Waals surface area contributed by atoms with E-state index >= 15 is 0 Å².